The molecule has 7 aromatic rings. The summed E-state index contributed by atoms with van der Waals surface area (Å²) >= 11 is 0. The normalized spacial score (nSPS) is 11.7. The van der Waals surface area contributed by atoms with Crippen LogP contribution in [0.3, 0.4) is 0 Å². The monoisotopic (exact) mass is 852 g/mol. The minimum absolute atomic E-state index is 0. The third-order valence-electron chi connectivity index (χ3n) is 10.0. The molecule has 0 saturated heterocycles. The first-order valence-corrected chi connectivity index (χ1v) is 18.0. The molecular formula is C46H47IrN2O2-. The number of allylic oxidation sites excluding steroid dienone is 2. The molecule has 51 heavy (non-hydrogen) atoms. The number of hydrogen-bond acceptors (Lipinski definition) is 3. The van der Waals surface area contributed by atoms with E-state index in [1.807, 2.05) is 27.7 Å². The summed E-state index contributed by atoms with van der Waals surface area (Å²) in [6.07, 6.45) is 4.91. The van der Waals surface area contributed by atoms with E-state index in [4.69, 9.17) is 4.98 Å². The standard InChI is InChI=1S/C33H23N2.C13H24O2.Ir/c1-21-18-22(2)20-23(19-21)33-34-30-16-9-15-29-27-13-6-4-11-25(27)24-10-3-5-12-26(24)28-14-7-8-17-31(28)35(33)32(29)30;1-5-10(6-2)12(14)9-13(15)11(7-3)8-4;/h3-19H,1-2H3;9-11,14H,5-8H2,1-4H3;/q-1;;/b;12-9-;. The van der Waals surface area contributed by atoms with Crippen LogP contribution in [-0.2, 0) is 24.9 Å². The number of ketones is 1. The molecule has 0 unspecified atom stereocenters. The molecule has 0 spiro atoms. The first kappa shape index (κ1) is 37.7. The Morgan fingerprint density at radius 3 is 1.78 bits per heavy atom. The van der Waals surface area contributed by atoms with Crippen molar-refractivity contribution in [3.05, 3.63) is 132 Å². The molecule has 1 N–H and O–H groups in total. The number of rotatable bonds is 8. The number of aliphatic hydroxyl groups excluding tert-OH is 1. The van der Waals surface area contributed by atoms with Gasteiger partial charge < -0.3 is 9.51 Å². The molecule has 263 valence electrons. The summed E-state index contributed by atoms with van der Waals surface area (Å²) in [5.41, 5.74) is 6.59. The largest absolute Gasteiger partial charge is 0.512 e. The van der Waals surface area contributed by atoms with E-state index in [2.05, 4.69) is 127 Å². The number of aryl methyl sites for hydroxylation is 2. The maximum Gasteiger partial charge on any atom is 0.162 e. The van der Waals surface area contributed by atoms with Crippen LogP contribution in [0.25, 0.3) is 60.3 Å². The zero-order valence-electron chi connectivity index (χ0n) is 30.5. The number of carbonyl (C=O) groups is 1. The van der Waals surface area contributed by atoms with E-state index in [-0.39, 0.29) is 43.5 Å². The van der Waals surface area contributed by atoms with Crippen LogP contribution in [0.5, 0.6) is 0 Å². The van der Waals surface area contributed by atoms with Gasteiger partial charge in [0.25, 0.3) is 0 Å². The van der Waals surface area contributed by atoms with Crippen LogP contribution in [0, 0.1) is 31.7 Å². The van der Waals surface area contributed by atoms with E-state index in [0.717, 1.165) is 59.2 Å². The zero-order valence-corrected chi connectivity index (χ0v) is 32.9. The third-order valence-corrected chi connectivity index (χ3v) is 10.0. The summed E-state index contributed by atoms with van der Waals surface area (Å²) < 4.78 is 2.35. The van der Waals surface area contributed by atoms with Crippen LogP contribution in [0.1, 0.15) is 64.5 Å². The van der Waals surface area contributed by atoms with Gasteiger partial charge in [0.1, 0.15) is 0 Å². The second-order valence-electron chi connectivity index (χ2n) is 13.3. The van der Waals surface area contributed by atoms with Crippen molar-refractivity contribution in [1.29, 1.82) is 0 Å². The van der Waals surface area contributed by atoms with Crippen molar-refractivity contribution in [2.45, 2.75) is 67.2 Å². The molecule has 0 aliphatic carbocycles. The average Bonchev–Trinajstić information content (AvgIpc) is 3.53. The molecular weight excluding hydrogens is 805 g/mol. The minimum Gasteiger partial charge on any atom is -0.512 e. The third kappa shape index (κ3) is 7.56. The molecule has 1 radical (unpaired) electrons. The number of hydrogen-bond donors (Lipinski definition) is 1. The SMILES string of the molecule is CCC(CC)C(=O)/C=C(\O)C(CC)CC.Cc1[c-]c(-c2nc3cccc4c5ccccc5c5ccccc5c5ccccc5n2c34)cc(C)c1.[Ir]. The van der Waals surface area contributed by atoms with Crippen LogP contribution < -0.4 is 0 Å². The Kier molecular flexibility index (Phi) is 12.3. The number of imidazole rings is 1. The Morgan fingerprint density at radius 1 is 0.706 bits per heavy atom. The van der Waals surface area contributed by atoms with Crippen molar-refractivity contribution in [2.24, 2.45) is 11.8 Å². The van der Waals surface area contributed by atoms with E-state index >= 15 is 0 Å². The fourth-order valence-corrected chi connectivity index (χ4v) is 7.36. The molecule has 2 heterocycles. The summed E-state index contributed by atoms with van der Waals surface area (Å²) in [6, 6.07) is 40.6. The van der Waals surface area contributed by atoms with Gasteiger partial charge in [0.05, 0.1) is 22.6 Å². The van der Waals surface area contributed by atoms with Crippen molar-refractivity contribution < 1.29 is 30.0 Å². The molecule has 0 amide bonds. The van der Waals surface area contributed by atoms with Crippen LogP contribution in [-0.4, -0.2) is 20.3 Å². The zero-order chi connectivity index (χ0) is 35.4. The van der Waals surface area contributed by atoms with Gasteiger partial charge in [-0.15, -0.1) is 34.9 Å². The van der Waals surface area contributed by atoms with Gasteiger partial charge in [0.15, 0.2) is 5.78 Å². The smallest absolute Gasteiger partial charge is 0.162 e. The van der Waals surface area contributed by atoms with Crippen molar-refractivity contribution in [3.8, 4) is 11.4 Å². The molecule has 0 fully saturated rings. The number of carbonyl (C=O) groups excluding carboxylic acids is 1. The Morgan fingerprint density at radius 2 is 1.22 bits per heavy atom. The summed E-state index contributed by atoms with van der Waals surface area (Å²) in [7, 11) is 0. The van der Waals surface area contributed by atoms with E-state index in [1.54, 1.807) is 0 Å². The molecule has 0 aliphatic rings. The number of aromatic nitrogens is 2. The number of nitrogens with zero attached hydrogens (tertiary/aromatic N) is 2. The van der Waals surface area contributed by atoms with Crippen molar-refractivity contribution in [2.75, 3.05) is 0 Å². The molecule has 5 aromatic carbocycles. The van der Waals surface area contributed by atoms with Gasteiger partial charge >= 0.3 is 0 Å². The van der Waals surface area contributed by atoms with Crippen LogP contribution >= 0.6 is 0 Å². The molecule has 0 bridgehead atoms. The first-order valence-electron chi connectivity index (χ1n) is 18.0. The van der Waals surface area contributed by atoms with Gasteiger partial charge in [-0.2, -0.15) is 0 Å². The molecule has 0 saturated carbocycles. The topological polar surface area (TPSA) is 54.6 Å². The van der Waals surface area contributed by atoms with Crippen molar-refractivity contribution in [3.63, 3.8) is 0 Å². The Bertz CT molecular complexity index is 2380. The summed E-state index contributed by atoms with van der Waals surface area (Å²) in [6.45, 7) is 12.3. The fourth-order valence-electron chi connectivity index (χ4n) is 7.36. The van der Waals surface area contributed by atoms with Crippen LogP contribution in [0.15, 0.2) is 115 Å². The van der Waals surface area contributed by atoms with Crippen molar-refractivity contribution >= 4 is 54.7 Å². The number of fused-ring (bicyclic) bond motifs is 7. The number of para-hydroxylation sites is 2. The second-order valence-corrected chi connectivity index (χ2v) is 13.3. The summed E-state index contributed by atoms with van der Waals surface area (Å²) in [5, 5.41) is 17.1. The molecule has 4 nitrogen and oxygen atoms in total. The summed E-state index contributed by atoms with van der Waals surface area (Å²) in [5.74, 6) is 1.47. The van der Waals surface area contributed by atoms with E-state index < -0.39 is 0 Å². The van der Waals surface area contributed by atoms with Gasteiger partial charge in [0, 0.05) is 54.3 Å². The molecule has 2 aromatic heterocycles. The van der Waals surface area contributed by atoms with Crippen LogP contribution in [0.4, 0.5) is 0 Å². The van der Waals surface area contributed by atoms with E-state index in [9.17, 15) is 9.90 Å². The number of benzene rings is 5. The van der Waals surface area contributed by atoms with Gasteiger partial charge in [-0.05, 0) is 59.4 Å². The second kappa shape index (κ2) is 16.6. The van der Waals surface area contributed by atoms with Gasteiger partial charge in [0.2, 0.25) is 0 Å². The van der Waals surface area contributed by atoms with Gasteiger partial charge in [-0.1, -0.05) is 120 Å². The summed E-state index contributed by atoms with van der Waals surface area (Å²) in [4.78, 5) is 16.9. The van der Waals surface area contributed by atoms with Gasteiger partial charge in [-0.3, -0.25) is 9.78 Å². The Hall–Kier alpha value is -4.57. The average molecular weight is 852 g/mol. The Labute approximate surface area is 315 Å². The van der Waals surface area contributed by atoms with E-state index in [1.165, 1.54) is 44.0 Å². The molecule has 7 rings (SSSR count). The molecule has 5 heteroatoms. The maximum absolute atomic E-state index is 11.7. The molecule has 0 aliphatic heterocycles. The first-order chi connectivity index (χ1) is 24.3. The fraction of sp³-hybridized carbons (Fsp3) is 0.261. The Balaban J connectivity index is 0.000000271. The quantitative estimate of drug-likeness (QED) is 0.0941. The van der Waals surface area contributed by atoms with Crippen molar-refractivity contribution in [1.82, 2.24) is 9.38 Å². The predicted octanol–water partition coefficient (Wildman–Crippen LogP) is 12.5. The minimum atomic E-state index is 0. The maximum atomic E-state index is 11.7. The van der Waals surface area contributed by atoms with Crippen LogP contribution in [0.2, 0.25) is 0 Å². The van der Waals surface area contributed by atoms with Gasteiger partial charge in [-0.25, -0.2) is 0 Å². The van der Waals surface area contributed by atoms with E-state index in [0.29, 0.717) is 0 Å². The number of aliphatic hydroxyl groups is 1. The predicted molar refractivity (Wildman–Crippen MR) is 212 cm³/mol. The molecule has 0 atom stereocenters.